The summed E-state index contributed by atoms with van der Waals surface area (Å²) < 4.78 is 0. The van der Waals surface area contributed by atoms with Crippen molar-refractivity contribution in [1.82, 2.24) is 20.1 Å². The van der Waals surface area contributed by atoms with Crippen LogP contribution in [0.3, 0.4) is 0 Å². The van der Waals surface area contributed by atoms with Crippen LogP contribution in [0.2, 0.25) is 0 Å². The van der Waals surface area contributed by atoms with E-state index in [0.29, 0.717) is 17.9 Å². The first kappa shape index (κ1) is 14.0. The van der Waals surface area contributed by atoms with E-state index < -0.39 is 0 Å². The number of hydrogen-bond donors (Lipinski definition) is 2. The molecule has 1 aromatic carbocycles. The van der Waals surface area contributed by atoms with Crippen LogP contribution in [0.25, 0.3) is 0 Å². The molecule has 0 bridgehead atoms. The van der Waals surface area contributed by atoms with Gasteiger partial charge in [-0.05, 0) is 37.6 Å². The number of aromatic amines is 1. The standard InChI is InChI=1S/C14H19N5O/c1-9-7-11(5-6-12(9)15-3)14(20)19(4)8-13-16-10(2)17-18-13/h5-7,15H,8H2,1-4H3,(H,16,17,18). The van der Waals surface area contributed by atoms with Crippen LogP contribution in [-0.2, 0) is 6.54 Å². The predicted molar refractivity (Wildman–Crippen MR) is 77.6 cm³/mol. The van der Waals surface area contributed by atoms with E-state index in [4.69, 9.17) is 0 Å². The molecule has 6 nitrogen and oxygen atoms in total. The molecule has 0 saturated heterocycles. The second kappa shape index (κ2) is 5.73. The third-order valence-corrected chi connectivity index (χ3v) is 3.11. The van der Waals surface area contributed by atoms with Crippen molar-refractivity contribution in [2.24, 2.45) is 0 Å². The Morgan fingerprint density at radius 1 is 1.40 bits per heavy atom. The molecular formula is C14H19N5O. The van der Waals surface area contributed by atoms with Gasteiger partial charge in [0.2, 0.25) is 0 Å². The number of amides is 1. The van der Waals surface area contributed by atoms with Crippen LogP contribution in [-0.4, -0.2) is 40.1 Å². The Labute approximate surface area is 118 Å². The molecule has 0 radical (unpaired) electrons. The summed E-state index contributed by atoms with van der Waals surface area (Å²) in [5.41, 5.74) is 2.73. The molecule has 20 heavy (non-hydrogen) atoms. The fourth-order valence-electron chi connectivity index (χ4n) is 2.04. The lowest BCUT2D eigenvalue weighted by molar-refractivity contribution is 0.0781. The quantitative estimate of drug-likeness (QED) is 0.889. The van der Waals surface area contributed by atoms with Gasteiger partial charge >= 0.3 is 0 Å². The summed E-state index contributed by atoms with van der Waals surface area (Å²) >= 11 is 0. The molecule has 2 N–H and O–H groups in total. The lowest BCUT2D eigenvalue weighted by Gasteiger charge is -2.16. The zero-order chi connectivity index (χ0) is 14.7. The van der Waals surface area contributed by atoms with Crippen molar-refractivity contribution in [3.63, 3.8) is 0 Å². The van der Waals surface area contributed by atoms with Crippen LogP contribution in [0.5, 0.6) is 0 Å². The van der Waals surface area contributed by atoms with E-state index >= 15 is 0 Å². The molecule has 2 rings (SSSR count). The molecule has 0 unspecified atom stereocenters. The van der Waals surface area contributed by atoms with Gasteiger partial charge in [-0.3, -0.25) is 9.89 Å². The Hall–Kier alpha value is -2.37. The van der Waals surface area contributed by atoms with Crippen LogP contribution >= 0.6 is 0 Å². The van der Waals surface area contributed by atoms with Crippen LogP contribution < -0.4 is 5.32 Å². The molecule has 106 valence electrons. The first-order chi connectivity index (χ1) is 9.51. The summed E-state index contributed by atoms with van der Waals surface area (Å²) in [6.45, 7) is 4.19. The Bertz CT molecular complexity index is 620. The largest absolute Gasteiger partial charge is 0.388 e. The molecule has 0 aliphatic heterocycles. The minimum atomic E-state index is -0.0433. The Kier molecular flexibility index (Phi) is 4.02. The smallest absolute Gasteiger partial charge is 0.254 e. The topological polar surface area (TPSA) is 73.9 Å². The van der Waals surface area contributed by atoms with Gasteiger partial charge in [0, 0.05) is 25.3 Å². The van der Waals surface area contributed by atoms with E-state index in [1.165, 1.54) is 0 Å². The third kappa shape index (κ3) is 2.96. The van der Waals surface area contributed by atoms with Gasteiger partial charge in [0.15, 0.2) is 5.82 Å². The summed E-state index contributed by atoms with van der Waals surface area (Å²) in [6.07, 6.45) is 0. The molecule has 1 aromatic heterocycles. The highest BCUT2D eigenvalue weighted by Crippen LogP contribution is 2.17. The van der Waals surface area contributed by atoms with Gasteiger partial charge in [-0.1, -0.05) is 0 Å². The summed E-state index contributed by atoms with van der Waals surface area (Å²) in [5, 5.41) is 9.89. The monoisotopic (exact) mass is 273 g/mol. The molecule has 6 heteroatoms. The average Bonchev–Trinajstić information content (AvgIpc) is 2.83. The van der Waals surface area contributed by atoms with Crippen LogP contribution in [0.15, 0.2) is 18.2 Å². The number of nitrogens with one attached hydrogen (secondary N) is 2. The molecule has 2 aromatic rings. The first-order valence-corrected chi connectivity index (χ1v) is 6.43. The molecule has 1 amide bonds. The van der Waals surface area contributed by atoms with Crippen LogP contribution in [0, 0.1) is 13.8 Å². The number of aromatic nitrogens is 3. The normalized spacial score (nSPS) is 10.4. The predicted octanol–water partition coefficient (Wildman–Crippen LogP) is 1.74. The Morgan fingerprint density at radius 3 is 2.70 bits per heavy atom. The molecular weight excluding hydrogens is 254 g/mol. The zero-order valence-electron chi connectivity index (χ0n) is 12.2. The van der Waals surface area contributed by atoms with Crippen molar-refractivity contribution in [2.75, 3.05) is 19.4 Å². The van der Waals surface area contributed by atoms with E-state index in [2.05, 4.69) is 20.5 Å². The number of hydrogen-bond acceptors (Lipinski definition) is 4. The van der Waals surface area contributed by atoms with Crippen molar-refractivity contribution in [2.45, 2.75) is 20.4 Å². The number of carbonyl (C=O) groups is 1. The first-order valence-electron chi connectivity index (χ1n) is 6.43. The maximum Gasteiger partial charge on any atom is 0.254 e. The van der Waals surface area contributed by atoms with E-state index in [1.54, 1.807) is 11.9 Å². The summed E-state index contributed by atoms with van der Waals surface area (Å²) in [6, 6.07) is 5.61. The molecule has 1 heterocycles. The van der Waals surface area contributed by atoms with Crippen molar-refractivity contribution in [3.8, 4) is 0 Å². The molecule has 0 aliphatic carbocycles. The Morgan fingerprint density at radius 2 is 2.15 bits per heavy atom. The van der Waals surface area contributed by atoms with Gasteiger partial charge in [0.25, 0.3) is 5.91 Å². The summed E-state index contributed by atoms with van der Waals surface area (Å²) in [5.74, 6) is 1.31. The lowest BCUT2D eigenvalue weighted by atomic mass is 10.1. The van der Waals surface area contributed by atoms with Gasteiger partial charge < -0.3 is 10.2 Å². The SMILES string of the molecule is CNc1ccc(C(=O)N(C)Cc2n[nH]c(C)n2)cc1C. The van der Waals surface area contributed by atoms with Crippen LogP contribution in [0.1, 0.15) is 27.6 Å². The number of aryl methyl sites for hydroxylation is 2. The number of anilines is 1. The fraction of sp³-hybridized carbons (Fsp3) is 0.357. The van der Waals surface area contributed by atoms with E-state index in [9.17, 15) is 4.79 Å². The minimum Gasteiger partial charge on any atom is -0.388 e. The van der Waals surface area contributed by atoms with Crippen molar-refractivity contribution in [1.29, 1.82) is 0 Å². The van der Waals surface area contributed by atoms with E-state index in [1.807, 2.05) is 39.1 Å². The second-order valence-electron chi connectivity index (χ2n) is 4.78. The number of nitrogens with zero attached hydrogens (tertiary/aromatic N) is 3. The minimum absolute atomic E-state index is 0.0433. The van der Waals surface area contributed by atoms with Gasteiger partial charge in [-0.2, -0.15) is 5.10 Å². The lowest BCUT2D eigenvalue weighted by Crippen LogP contribution is -2.26. The fourth-order valence-corrected chi connectivity index (χ4v) is 2.04. The Balaban J connectivity index is 2.12. The molecule has 0 atom stereocenters. The molecule has 0 spiro atoms. The summed E-state index contributed by atoms with van der Waals surface area (Å²) in [4.78, 5) is 18.2. The average molecular weight is 273 g/mol. The number of carbonyl (C=O) groups excluding carboxylic acids is 1. The van der Waals surface area contributed by atoms with Crippen LogP contribution in [0.4, 0.5) is 5.69 Å². The van der Waals surface area contributed by atoms with Crippen molar-refractivity contribution in [3.05, 3.63) is 41.0 Å². The van der Waals surface area contributed by atoms with Crippen molar-refractivity contribution < 1.29 is 4.79 Å². The highest BCUT2D eigenvalue weighted by molar-refractivity contribution is 5.94. The maximum absolute atomic E-state index is 12.3. The molecule has 0 fully saturated rings. The number of benzene rings is 1. The maximum atomic E-state index is 12.3. The number of rotatable bonds is 4. The highest BCUT2D eigenvalue weighted by Gasteiger charge is 2.14. The van der Waals surface area contributed by atoms with Crippen molar-refractivity contribution >= 4 is 11.6 Å². The molecule has 0 saturated carbocycles. The van der Waals surface area contributed by atoms with Gasteiger partial charge in [0.05, 0.1) is 6.54 Å². The van der Waals surface area contributed by atoms with E-state index in [0.717, 1.165) is 17.1 Å². The van der Waals surface area contributed by atoms with E-state index in [-0.39, 0.29) is 5.91 Å². The van der Waals surface area contributed by atoms with Gasteiger partial charge in [-0.25, -0.2) is 4.98 Å². The second-order valence-corrected chi connectivity index (χ2v) is 4.78. The molecule has 0 aliphatic rings. The number of H-pyrrole nitrogens is 1. The third-order valence-electron chi connectivity index (χ3n) is 3.11. The van der Waals surface area contributed by atoms with Gasteiger partial charge in [0.1, 0.15) is 5.82 Å². The highest BCUT2D eigenvalue weighted by atomic mass is 16.2. The summed E-state index contributed by atoms with van der Waals surface area (Å²) in [7, 11) is 3.61. The van der Waals surface area contributed by atoms with Gasteiger partial charge in [-0.15, -0.1) is 0 Å². The zero-order valence-corrected chi connectivity index (χ0v) is 12.2.